The highest BCUT2D eigenvalue weighted by Crippen LogP contribution is 2.25. The Morgan fingerprint density at radius 2 is 1.95 bits per heavy atom. The van der Waals surface area contributed by atoms with E-state index in [0.29, 0.717) is 6.61 Å². The molecule has 0 saturated carbocycles. The molecule has 2 amide bonds. The maximum absolute atomic E-state index is 12.7. The van der Waals surface area contributed by atoms with E-state index >= 15 is 0 Å². The average molecular weight is 315 g/mol. The lowest BCUT2D eigenvalue weighted by molar-refractivity contribution is -0.136. The van der Waals surface area contributed by atoms with Crippen molar-refractivity contribution in [2.24, 2.45) is 11.8 Å². The third-order valence-corrected chi connectivity index (χ3v) is 4.78. The van der Waals surface area contributed by atoms with Crippen LogP contribution in [-0.4, -0.2) is 44.0 Å². The fraction of sp³-hybridized carbons (Fsp3) is 0.867. The van der Waals surface area contributed by atoms with E-state index in [1.165, 1.54) is 4.90 Å². The van der Waals surface area contributed by atoms with Crippen molar-refractivity contribution in [2.75, 3.05) is 6.61 Å². The van der Waals surface area contributed by atoms with Crippen molar-refractivity contribution in [3.63, 3.8) is 0 Å². The van der Waals surface area contributed by atoms with E-state index in [2.05, 4.69) is 19.6 Å². The first kappa shape index (κ1) is 18.2. The zero-order valence-corrected chi connectivity index (χ0v) is 15.3. The van der Waals surface area contributed by atoms with Gasteiger partial charge in [0.05, 0.1) is 18.1 Å². The molecule has 3 atom stereocenters. The van der Waals surface area contributed by atoms with Gasteiger partial charge in [0, 0.05) is 0 Å². The zero-order chi connectivity index (χ0) is 16.4. The Labute approximate surface area is 129 Å². The van der Waals surface area contributed by atoms with Gasteiger partial charge in [-0.25, -0.2) is 9.69 Å². The molecular formula is C15H29NO4Si. The van der Waals surface area contributed by atoms with Gasteiger partial charge in [-0.1, -0.05) is 27.7 Å². The molecule has 0 N–H and O–H groups in total. The van der Waals surface area contributed by atoms with Crippen LogP contribution >= 0.6 is 0 Å². The number of carbonyl (C=O) groups is 2. The number of nitrogens with zero attached hydrogens (tertiary/aromatic N) is 1. The standard InChI is InChI=1S/C15H29NO4Si/c1-8-13(20-21(5,6)7)11(4)14(17)16-12(10(2)3)9-19-15(16)18/h10-13H,8-9H2,1-7H3/t11-,12?,13-/m1/s1. The van der Waals surface area contributed by atoms with E-state index in [1.54, 1.807) is 0 Å². The Hall–Kier alpha value is -0.883. The summed E-state index contributed by atoms with van der Waals surface area (Å²) >= 11 is 0. The summed E-state index contributed by atoms with van der Waals surface area (Å²) in [6, 6.07) is -0.170. The second kappa shape index (κ2) is 6.92. The molecule has 0 aromatic rings. The molecule has 0 radical (unpaired) electrons. The van der Waals surface area contributed by atoms with Crippen LogP contribution in [0.5, 0.6) is 0 Å². The molecule has 0 aromatic heterocycles. The first-order chi connectivity index (χ1) is 9.58. The first-order valence-corrected chi connectivity index (χ1v) is 11.2. The number of rotatable bonds is 6. The predicted molar refractivity (Wildman–Crippen MR) is 84.5 cm³/mol. The van der Waals surface area contributed by atoms with E-state index in [1.807, 2.05) is 27.7 Å². The maximum atomic E-state index is 12.7. The van der Waals surface area contributed by atoms with E-state index in [4.69, 9.17) is 9.16 Å². The van der Waals surface area contributed by atoms with Crippen molar-refractivity contribution >= 4 is 20.3 Å². The summed E-state index contributed by atoms with van der Waals surface area (Å²) in [6.45, 7) is 14.5. The van der Waals surface area contributed by atoms with Crippen LogP contribution in [0.3, 0.4) is 0 Å². The number of carbonyl (C=O) groups excluding carboxylic acids is 2. The van der Waals surface area contributed by atoms with Crippen LogP contribution < -0.4 is 0 Å². The number of ether oxygens (including phenoxy) is 1. The van der Waals surface area contributed by atoms with Crippen LogP contribution in [-0.2, 0) is 14.0 Å². The summed E-state index contributed by atoms with van der Waals surface area (Å²) < 4.78 is 11.2. The van der Waals surface area contributed by atoms with Gasteiger partial charge in [-0.15, -0.1) is 0 Å². The summed E-state index contributed by atoms with van der Waals surface area (Å²) in [7, 11) is -1.73. The molecule has 1 rings (SSSR count). The lowest BCUT2D eigenvalue weighted by Gasteiger charge is -2.32. The second-order valence-electron chi connectivity index (χ2n) is 7.06. The van der Waals surface area contributed by atoms with Crippen molar-refractivity contribution in [1.29, 1.82) is 0 Å². The van der Waals surface area contributed by atoms with Crippen molar-refractivity contribution < 1.29 is 18.8 Å². The van der Waals surface area contributed by atoms with Gasteiger partial charge in [0.25, 0.3) is 0 Å². The topological polar surface area (TPSA) is 55.8 Å². The van der Waals surface area contributed by atoms with Crippen LogP contribution in [0.25, 0.3) is 0 Å². The van der Waals surface area contributed by atoms with E-state index in [-0.39, 0.29) is 29.9 Å². The van der Waals surface area contributed by atoms with Crippen molar-refractivity contribution in [3.05, 3.63) is 0 Å². The molecule has 0 aliphatic carbocycles. The van der Waals surface area contributed by atoms with Crippen LogP contribution in [0.1, 0.15) is 34.1 Å². The minimum absolute atomic E-state index is 0.148. The van der Waals surface area contributed by atoms with E-state index in [0.717, 1.165) is 6.42 Å². The molecule has 5 nitrogen and oxygen atoms in total. The van der Waals surface area contributed by atoms with Crippen molar-refractivity contribution in [1.82, 2.24) is 4.90 Å². The lowest BCUT2D eigenvalue weighted by atomic mass is 9.98. The molecule has 0 bridgehead atoms. The largest absolute Gasteiger partial charge is 0.447 e. The van der Waals surface area contributed by atoms with E-state index in [9.17, 15) is 9.59 Å². The highest BCUT2D eigenvalue weighted by molar-refractivity contribution is 6.69. The first-order valence-electron chi connectivity index (χ1n) is 7.76. The molecule has 0 spiro atoms. The number of amides is 2. The molecule has 1 fully saturated rings. The SMILES string of the molecule is CC[C@@H](O[Si](C)(C)C)[C@@H](C)C(=O)N1C(=O)OCC1C(C)C. The Morgan fingerprint density at radius 1 is 1.38 bits per heavy atom. The molecule has 1 unspecified atom stereocenters. The van der Waals surface area contributed by atoms with Gasteiger partial charge < -0.3 is 9.16 Å². The molecule has 21 heavy (non-hydrogen) atoms. The summed E-state index contributed by atoms with van der Waals surface area (Å²) in [6.07, 6.45) is 0.0886. The normalized spacial score (nSPS) is 22.4. The van der Waals surface area contributed by atoms with Gasteiger partial charge in [0.2, 0.25) is 5.91 Å². The summed E-state index contributed by atoms with van der Waals surface area (Å²) in [5, 5.41) is 0. The molecule has 1 saturated heterocycles. The third-order valence-electron chi connectivity index (χ3n) is 3.77. The summed E-state index contributed by atoms with van der Waals surface area (Å²) in [5.41, 5.74) is 0. The van der Waals surface area contributed by atoms with Crippen LogP contribution in [0, 0.1) is 11.8 Å². The minimum Gasteiger partial charge on any atom is -0.447 e. The number of hydrogen-bond donors (Lipinski definition) is 0. The molecule has 0 aromatic carbocycles. The molecule has 1 heterocycles. The maximum Gasteiger partial charge on any atom is 0.416 e. The Kier molecular flexibility index (Phi) is 5.98. The number of cyclic esters (lactones) is 1. The van der Waals surface area contributed by atoms with Gasteiger partial charge in [0.15, 0.2) is 8.32 Å². The van der Waals surface area contributed by atoms with Gasteiger partial charge in [-0.2, -0.15) is 0 Å². The van der Waals surface area contributed by atoms with Crippen LogP contribution in [0.15, 0.2) is 0 Å². The number of imide groups is 1. The Balaban J connectivity index is 2.86. The van der Waals surface area contributed by atoms with E-state index < -0.39 is 14.4 Å². The Bertz CT molecular complexity index is 392. The smallest absolute Gasteiger partial charge is 0.416 e. The van der Waals surface area contributed by atoms with Gasteiger partial charge in [0.1, 0.15) is 6.61 Å². The monoisotopic (exact) mass is 315 g/mol. The van der Waals surface area contributed by atoms with Gasteiger partial charge in [-0.05, 0) is 32.0 Å². The average Bonchev–Trinajstić information content (AvgIpc) is 2.75. The summed E-state index contributed by atoms with van der Waals surface area (Å²) in [5.74, 6) is -0.333. The fourth-order valence-corrected chi connectivity index (χ4v) is 3.83. The molecule has 6 heteroatoms. The van der Waals surface area contributed by atoms with Crippen LogP contribution in [0.4, 0.5) is 4.79 Å². The lowest BCUT2D eigenvalue weighted by Crippen LogP contribution is -2.48. The minimum atomic E-state index is -1.73. The second-order valence-corrected chi connectivity index (χ2v) is 11.5. The molecule has 1 aliphatic rings. The zero-order valence-electron chi connectivity index (χ0n) is 14.3. The van der Waals surface area contributed by atoms with Crippen molar-refractivity contribution in [3.8, 4) is 0 Å². The highest BCUT2D eigenvalue weighted by atomic mass is 28.4. The molecule has 122 valence electrons. The summed E-state index contributed by atoms with van der Waals surface area (Å²) in [4.78, 5) is 25.9. The Morgan fingerprint density at radius 3 is 2.38 bits per heavy atom. The predicted octanol–water partition coefficient (Wildman–Crippen LogP) is 3.26. The van der Waals surface area contributed by atoms with Crippen LogP contribution in [0.2, 0.25) is 19.6 Å². The highest BCUT2D eigenvalue weighted by Gasteiger charge is 2.43. The fourth-order valence-electron chi connectivity index (χ4n) is 2.55. The quantitative estimate of drug-likeness (QED) is 0.706. The van der Waals surface area contributed by atoms with Gasteiger partial charge >= 0.3 is 6.09 Å². The van der Waals surface area contributed by atoms with Gasteiger partial charge in [-0.3, -0.25) is 4.79 Å². The molecular weight excluding hydrogens is 286 g/mol. The molecule has 1 aliphatic heterocycles. The van der Waals surface area contributed by atoms with Crippen molar-refractivity contribution in [2.45, 2.75) is 65.9 Å². The third kappa shape index (κ3) is 4.54. The number of hydrogen-bond acceptors (Lipinski definition) is 4.